The number of nitrogens with zero attached hydrogens (tertiary/aromatic N) is 2. The third-order valence-corrected chi connectivity index (χ3v) is 5.23. The van der Waals surface area contributed by atoms with Crippen LogP contribution in [0.5, 0.6) is 5.75 Å². The van der Waals surface area contributed by atoms with Crippen LogP contribution in [-0.2, 0) is 9.59 Å². The summed E-state index contributed by atoms with van der Waals surface area (Å²) in [5.41, 5.74) is 0.803. The van der Waals surface area contributed by atoms with E-state index in [9.17, 15) is 9.59 Å². The molecule has 1 saturated heterocycles. The van der Waals surface area contributed by atoms with Crippen molar-refractivity contribution in [3.63, 3.8) is 0 Å². The summed E-state index contributed by atoms with van der Waals surface area (Å²) in [5.74, 6) is 0.399. The van der Waals surface area contributed by atoms with Crippen molar-refractivity contribution in [2.24, 2.45) is 28.8 Å². The molecule has 1 aliphatic heterocycles. The second-order valence-corrected chi connectivity index (χ2v) is 6.58. The van der Waals surface area contributed by atoms with Gasteiger partial charge in [0.15, 0.2) is 0 Å². The lowest BCUT2D eigenvalue weighted by Crippen LogP contribution is -2.38. The summed E-state index contributed by atoms with van der Waals surface area (Å²) in [4.78, 5) is 25.3. The van der Waals surface area contributed by atoms with E-state index in [0.29, 0.717) is 6.61 Å². The quantitative estimate of drug-likeness (QED) is 0.486. The Hall–Kier alpha value is -2.43. The minimum Gasteiger partial charge on any atom is -0.494 e. The van der Waals surface area contributed by atoms with Crippen molar-refractivity contribution >= 4 is 18.0 Å². The zero-order valence-electron chi connectivity index (χ0n) is 13.6. The molecule has 2 amide bonds. The van der Waals surface area contributed by atoms with E-state index in [2.05, 4.69) is 17.3 Å². The van der Waals surface area contributed by atoms with Gasteiger partial charge in [-0.25, -0.2) is 0 Å². The Labute approximate surface area is 141 Å². The Morgan fingerprint density at radius 2 is 1.83 bits per heavy atom. The van der Waals surface area contributed by atoms with Crippen molar-refractivity contribution in [2.75, 3.05) is 6.61 Å². The summed E-state index contributed by atoms with van der Waals surface area (Å²) < 4.78 is 5.46. The van der Waals surface area contributed by atoms with Crippen molar-refractivity contribution in [2.45, 2.75) is 19.8 Å². The predicted octanol–water partition coefficient (Wildman–Crippen LogP) is 2.62. The van der Waals surface area contributed by atoms with E-state index in [0.717, 1.165) is 29.2 Å². The fourth-order valence-corrected chi connectivity index (χ4v) is 4.15. The fourth-order valence-electron chi connectivity index (χ4n) is 4.15. The monoisotopic (exact) mass is 324 g/mol. The van der Waals surface area contributed by atoms with Gasteiger partial charge in [0.05, 0.1) is 24.7 Å². The fraction of sp³-hybridized carbons (Fsp3) is 0.421. The first-order chi connectivity index (χ1) is 11.7. The van der Waals surface area contributed by atoms with Crippen molar-refractivity contribution in [1.82, 2.24) is 5.01 Å². The van der Waals surface area contributed by atoms with Crippen LogP contribution in [-0.4, -0.2) is 29.6 Å². The smallest absolute Gasteiger partial charge is 0.254 e. The molecule has 5 nitrogen and oxygen atoms in total. The van der Waals surface area contributed by atoms with E-state index < -0.39 is 0 Å². The lowest BCUT2D eigenvalue weighted by molar-refractivity contribution is -0.140. The van der Waals surface area contributed by atoms with Crippen LogP contribution >= 0.6 is 0 Å². The van der Waals surface area contributed by atoms with Crippen LogP contribution in [0.1, 0.15) is 25.3 Å². The van der Waals surface area contributed by atoms with Crippen LogP contribution in [0.3, 0.4) is 0 Å². The molecule has 0 radical (unpaired) electrons. The molecule has 24 heavy (non-hydrogen) atoms. The summed E-state index contributed by atoms with van der Waals surface area (Å²) >= 11 is 0. The highest BCUT2D eigenvalue weighted by Gasteiger charge is 2.56. The molecular weight excluding hydrogens is 304 g/mol. The van der Waals surface area contributed by atoms with E-state index in [-0.39, 0.29) is 35.5 Å². The number of rotatable bonds is 4. The normalized spacial score (nSPS) is 31.1. The largest absolute Gasteiger partial charge is 0.494 e. The molecule has 0 aromatic heterocycles. The number of imide groups is 1. The van der Waals surface area contributed by atoms with Gasteiger partial charge in [0.25, 0.3) is 11.8 Å². The number of amides is 2. The van der Waals surface area contributed by atoms with Crippen LogP contribution in [0.2, 0.25) is 0 Å². The molecule has 1 aromatic rings. The van der Waals surface area contributed by atoms with E-state index >= 15 is 0 Å². The first-order valence-corrected chi connectivity index (χ1v) is 8.52. The number of hydrogen-bond acceptors (Lipinski definition) is 4. The summed E-state index contributed by atoms with van der Waals surface area (Å²) in [6, 6.07) is 7.44. The lowest BCUT2D eigenvalue weighted by Gasteiger charge is -2.37. The maximum atomic E-state index is 12.7. The third-order valence-electron chi connectivity index (χ3n) is 5.23. The first-order valence-electron chi connectivity index (χ1n) is 8.52. The van der Waals surface area contributed by atoms with E-state index in [4.69, 9.17) is 4.74 Å². The molecule has 5 rings (SSSR count). The van der Waals surface area contributed by atoms with Gasteiger partial charge in [-0.1, -0.05) is 24.3 Å². The molecule has 2 fully saturated rings. The molecule has 3 aliphatic carbocycles. The lowest BCUT2D eigenvalue weighted by atomic mass is 9.63. The van der Waals surface area contributed by atoms with Gasteiger partial charge in [-0.2, -0.15) is 10.1 Å². The van der Waals surface area contributed by atoms with E-state index in [1.54, 1.807) is 6.21 Å². The molecule has 0 N–H and O–H groups in total. The van der Waals surface area contributed by atoms with Gasteiger partial charge >= 0.3 is 0 Å². The average Bonchev–Trinajstić information content (AvgIpc) is 2.88. The van der Waals surface area contributed by atoms with Crippen LogP contribution in [0.25, 0.3) is 0 Å². The zero-order chi connectivity index (χ0) is 16.7. The van der Waals surface area contributed by atoms with Gasteiger partial charge in [-0.15, -0.1) is 0 Å². The second-order valence-electron chi connectivity index (χ2n) is 6.58. The summed E-state index contributed by atoms with van der Waals surface area (Å²) in [5, 5.41) is 5.29. The molecule has 4 aliphatic rings. The summed E-state index contributed by atoms with van der Waals surface area (Å²) in [6.07, 6.45) is 7.77. The van der Waals surface area contributed by atoms with E-state index in [1.165, 1.54) is 0 Å². The summed E-state index contributed by atoms with van der Waals surface area (Å²) in [7, 11) is 0. The third kappa shape index (κ3) is 2.35. The van der Waals surface area contributed by atoms with Crippen LogP contribution in [0.4, 0.5) is 0 Å². The highest BCUT2D eigenvalue weighted by atomic mass is 16.5. The number of carbonyl (C=O) groups is 2. The Bertz CT molecular complexity index is 708. The molecule has 2 bridgehead atoms. The average molecular weight is 324 g/mol. The van der Waals surface area contributed by atoms with Crippen molar-refractivity contribution in [3.05, 3.63) is 42.0 Å². The molecule has 1 saturated carbocycles. The highest BCUT2D eigenvalue weighted by Crippen LogP contribution is 2.49. The van der Waals surface area contributed by atoms with Crippen LogP contribution in [0.15, 0.2) is 41.5 Å². The van der Waals surface area contributed by atoms with Gasteiger partial charge in [0.1, 0.15) is 5.75 Å². The molecular formula is C19H20N2O3. The van der Waals surface area contributed by atoms with Crippen molar-refractivity contribution in [3.8, 4) is 5.75 Å². The van der Waals surface area contributed by atoms with Crippen LogP contribution < -0.4 is 4.74 Å². The van der Waals surface area contributed by atoms with Gasteiger partial charge in [0.2, 0.25) is 0 Å². The second kappa shape index (κ2) is 5.89. The van der Waals surface area contributed by atoms with Crippen LogP contribution in [0, 0.1) is 23.7 Å². The van der Waals surface area contributed by atoms with Crippen molar-refractivity contribution < 1.29 is 14.3 Å². The Balaban J connectivity index is 1.56. The van der Waals surface area contributed by atoms with E-state index in [1.807, 2.05) is 31.2 Å². The minimum absolute atomic E-state index is 0.152. The predicted molar refractivity (Wildman–Crippen MR) is 89.4 cm³/mol. The first kappa shape index (κ1) is 15.1. The molecule has 124 valence electrons. The number of hydrazone groups is 1. The zero-order valence-corrected chi connectivity index (χ0v) is 13.6. The Morgan fingerprint density at radius 3 is 2.42 bits per heavy atom. The number of carbonyl (C=O) groups excluding carboxylic acids is 2. The number of benzene rings is 1. The molecule has 0 spiro atoms. The number of hydrogen-bond donors (Lipinski definition) is 0. The Kier molecular flexibility index (Phi) is 3.71. The highest BCUT2D eigenvalue weighted by molar-refractivity contribution is 6.06. The topological polar surface area (TPSA) is 59.0 Å². The van der Waals surface area contributed by atoms with Gasteiger partial charge < -0.3 is 4.74 Å². The standard InChI is InChI=1S/C19H20N2O3/c1-2-24-15-5-3-4-12(10-15)11-20-21-18(22)16-13-6-7-14(9-8-13)17(16)19(21)23/h3-7,10-11,13-14,16-17H,2,8-9H2,1H3/b20-11-/t13-,14-,16+,17+/m0/s1. The maximum Gasteiger partial charge on any atom is 0.254 e. The number of ether oxygens (including phenoxy) is 1. The number of fused-ring (bicyclic) bond motifs is 1. The SMILES string of the molecule is CCOc1cccc(/C=N\N2C(=O)[C@H]3[C@H](C2=O)[C@H]2C=C[C@H]3CC2)c1. The Morgan fingerprint density at radius 1 is 1.17 bits per heavy atom. The summed E-state index contributed by atoms with van der Waals surface area (Å²) in [6.45, 7) is 2.51. The number of allylic oxidation sites excluding steroid dienone is 2. The maximum absolute atomic E-state index is 12.7. The molecule has 4 atom stereocenters. The van der Waals surface area contributed by atoms with Crippen molar-refractivity contribution in [1.29, 1.82) is 0 Å². The molecule has 0 unspecified atom stereocenters. The van der Waals surface area contributed by atoms with Gasteiger partial charge in [-0.3, -0.25) is 9.59 Å². The molecule has 1 heterocycles. The minimum atomic E-state index is -0.215. The molecule has 5 heteroatoms. The molecule has 1 aromatic carbocycles. The van der Waals surface area contributed by atoms with Gasteiger partial charge in [0, 0.05) is 0 Å². The van der Waals surface area contributed by atoms with Gasteiger partial charge in [-0.05, 0) is 49.3 Å².